The van der Waals surface area contributed by atoms with Crippen molar-refractivity contribution < 1.29 is 22.7 Å². The van der Waals surface area contributed by atoms with E-state index in [0.29, 0.717) is 5.02 Å². The van der Waals surface area contributed by atoms with Gasteiger partial charge in [0.15, 0.2) is 0 Å². The molecule has 0 fully saturated rings. The number of amides is 1. The second-order valence-electron chi connectivity index (χ2n) is 5.02. The summed E-state index contributed by atoms with van der Waals surface area (Å²) < 4.78 is 31.0. The summed E-state index contributed by atoms with van der Waals surface area (Å²) in [5.74, 6) is -1.40. The predicted octanol–water partition coefficient (Wildman–Crippen LogP) is 1.46. The van der Waals surface area contributed by atoms with Gasteiger partial charge in [-0.3, -0.25) is 4.79 Å². The normalized spacial score (nSPS) is 11.1. The summed E-state index contributed by atoms with van der Waals surface area (Å²) in [6.45, 7) is -0.467. The molecule has 3 N–H and O–H groups in total. The van der Waals surface area contributed by atoms with E-state index in [1.165, 1.54) is 24.3 Å². The third kappa shape index (κ3) is 5.56. The minimum absolute atomic E-state index is 0.0413. The van der Waals surface area contributed by atoms with E-state index in [1.807, 2.05) is 4.72 Å². The van der Waals surface area contributed by atoms with Crippen LogP contribution in [0.3, 0.4) is 0 Å². The molecule has 0 radical (unpaired) electrons. The molecule has 2 aromatic carbocycles. The number of hydrogen-bond acceptors (Lipinski definition) is 5. The average molecular weight is 383 g/mol. The molecule has 0 saturated carbocycles. The SMILES string of the molecule is NC(=O)CNS(=O)(=O)c1ccc(C(=O)OCc2cccc(Cl)c2)cc1. The average Bonchev–Trinajstić information content (AvgIpc) is 2.58. The molecular formula is C16H15ClN2O5S. The minimum Gasteiger partial charge on any atom is -0.457 e. The molecule has 2 rings (SSSR count). The van der Waals surface area contributed by atoms with E-state index in [-0.39, 0.29) is 17.1 Å². The number of carbonyl (C=O) groups is 2. The van der Waals surface area contributed by atoms with Crippen LogP contribution in [-0.4, -0.2) is 26.8 Å². The van der Waals surface area contributed by atoms with Crippen molar-refractivity contribution in [3.05, 3.63) is 64.7 Å². The Hall–Kier alpha value is -2.42. The Labute approximate surface area is 149 Å². The highest BCUT2D eigenvalue weighted by molar-refractivity contribution is 7.89. The Kier molecular flexibility index (Phi) is 6.13. The van der Waals surface area contributed by atoms with Crippen LogP contribution in [0.15, 0.2) is 53.4 Å². The highest BCUT2D eigenvalue weighted by atomic mass is 35.5. The topological polar surface area (TPSA) is 116 Å². The zero-order chi connectivity index (χ0) is 18.4. The van der Waals surface area contributed by atoms with Gasteiger partial charge in [0.25, 0.3) is 0 Å². The van der Waals surface area contributed by atoms with Crippen LogP contribution < -0.4 is 10.5 Å². The van der Waals surface area contributed by atoms with E-state index >= 15 is 0 Å². The molecule has 0 heterocycles. The van der Waals surface area contributed by atoms with Crippen LogP contribution in [0, 0.1) is 0 Å². The first-order valence-corrected chi connectivity index (χ1v) is 8.93. The highest BCUT2D eigenvalue weighted by Gasteiger charge is 2.16. The van der Waals surface area contributed by atoms with Crippen molar-refractivity contribution in [3.63, 3.8) is 0 Å². The Morgan fingerprint density at radius 1 is 1.12 bits per heavy atom. The smallest absolute Gasteiger partial charge is 0.338 e. The molecule has 0 aliphatic rings. The molecule has 9 heteroatoms. The van der Waals surface area contributed by atoms with Crippen molar-refractivity contribution in [1.82, 2.24) is 4.72 Å². The van der Waals surface area contributed by atoms with E-state index in [1.54, 1.807) is 24.3 Å². The number of halogens is 1. The largest absolute Gasteiger partial charge is 0.457 e. The number of ether oxygens (including phenoxy) is 1. The van der Waals surface area contributed by atoms with Gasteiger partial charge in [-0.25, -0.2) is 17.9 Å². The van der Waals surface area contributed by atoms with Crippen LogP contribution in [0.25, 0.3) is 0 Å². The van der Waals surface area contributed by atoms with Crippen LogP contribution in [0.2, 0.25) is 5.02 Å². The van der Waals surface area contributed by atoms with Gasteiger partial charge in [-0.1, -0.05) is 23.7 Å². The maximum atomic E-state index is 12.0. The van der Waals surface area contributed by atoms with Gasteiger partial charge in [-0.05, 0) is 42.0 Å². The molecular weight excluding hydrogens is 368 g/mol. The number of rotatable bonds is 7. The van der Waals surface area contributed by atoms with Crippen LogP contribution in [-0.2, 0) is 26.2 Å². The number of benzene rings is 2. The first-order valence-electron chi connectivity index (χ1n) is 7.07. The number of sulfonamides is 1. The molecule has 0 spiro atoms. The van der Waals surface area contributed by atoms with Crippen molar-refractivity contribution >= 4 is 33.5 Å². The second kappa shape index (κ2) is 8.11. The third-order valence-corrected chi connectivity index (χ3v) is 4.75. The standard InChI is InChI=1S/C16H15ClN2O5S/c17-13-3-1-2-11(8-13)10-24-16(21)12-4-6-14(7-5-12)25(22,23)19-9-15(18)20/h1-8,19H,9-10H2,(H2,18,20). The third-order valence-electron chi connectivity index (χ3n) is 3.10. The zero-order valence-electron chi connectivity index (χ0n) is 12.9. The number of hydrogen-bond donors (Lipinski definition) is 2. The van der Waals surface area contributed by atoms with Crippen molar-refractivity contribution in [1.29, 1.82) is 0 Å². The molecule has 0 saturated heterocycles. The Morgan fingerprint density at radius 3 is 2.40 bits per heavy atom. The fraction of sp³-hybridized carbons (Fsp3) is 0.125. The zero-order valence-corrected chi connectivity index (χ0v) is 14.5. The summed E-state index contributed by atoms with van der Waals surface area (Å²) in [6, 6.07) is 12.0. The van der Waals surface area contributed by atoms with E-state index in [9.17, 15) is 18.0 Å². The summed E-state index contributed by atoms with van der Waals surface area (Å²) in [5.41, 5.74) is 5.82. The highest BCUT2D eigenvalue weighted by Crippen LogP contribution is 2.14. The van der Waals surface area contributed by atoms with Gasteiger partial charge in [0.05, 0.1) is 17.0 Å². The molecule has 0 atom stereocenters. The maximum Gasteiger partial charge on any atom is 0.338 e. The van der Waals surface area contributed by atoms with Gasteiger partial charge in [0, 0.05) is 5.02 Å². The van der Waals surface area contributed by atoms with Crippen LogP contribution in [0.5, 0.6) is 0 Å². The summed E-state index contributed by atoms with van der Waals surface area (Å²) in [5, 5.41) is 0.534. The van der Waals surface area contributed by atoms with E-state index < -0.39 is 28.4 Å². The number of primary amides is 1. The Bertz CT molecular complexity index is 882. The van der Waals surface area contributed by atoms with Crippen molar-refractivity contribution in [2.24, 2.45) is 5.73 Å². The molecule has 0 unspecified atom stereocenters. The Morgan fingerprint density at radius 2 is 1.80 bits per heavy atom. The van der Waals surface area contributed by atoms with Gasteiger partial charge in [-0.2, -0.15) is 0 Å². The lowest BCUT2D eigenvalue weighted by Gasteiger charge is -2.07. The van der Waals surface area contributed by atoms with Gasteiger partial charge >= 0.3 is 5.97 Å². The van der Waals surface area contributed by atoms with Crippen LogP contribution >= 0.6 is 11.6 Å². The summed E-state index contributed by atoms with van der Waals surface area (Å²) in [4.78, 5) is 22.6. The quantitative estimate of drug-likeness (QED) is 0.703. The second-order valence-corrected chi connectivity index (χ2v) is 7.22. The summed E-state index contributed by atoms with van der Waals surface area (Å²) >= 11 is 5.85. The molecule has 0 bridgehead atoms. The lowest BCUT2D eigenvalue weighted by molar-refractivity contribution is -0.116. The molecule has 25 heavy (non-hydrogen) atoms. The lowest BCUT2D eigenvalue weighted by Crippen LogP contribution is -2.33. The van der Waals surface area contributed by atoms with Crippen LogP contribution in [0.4, 0.5) is 0 Å². The number of carbonyl (C=O) groups excluding carboxylic acids is 2. The first-order chi connectivity index (χ1) is 11.8. The van der Waals surface area contributed by atoms with Gasteiger partial charge in [0.2, 0.25) is 15.9 Å². The van der Waals surface area contributed by atoms with Crippen molar-refractivity contribution in [2.45, 2.75) is 11.5 Å². The maximum absolute atomic E-state index is 12.0. The van der Waals surface area contributed by atoms with E-state index in [2.05, 4.69) is 0 Å². The lowest BCUT2D eigenvalue weighted by atomic mass is 10.2. The minimum atomic E-state index is -3.88. The van der Waals surface area contributed by atoms with E-state index in [4.69, 9.17) is 22.1 Å². The molecule has 2 aromatic rings. The fourth-order valence-corrected chi connectivity index (χ4v) is 3.08. The molecule has 0 aliphatic carbocycles. The van der Waals surface area contributed by atoms with Crippen LogP contribution in [0.1, 0.15) is 15.9 Å². The molecule has 132 valence electrons. The predicted molar refractivity (Wildman–Crippen MR) is 91.4 cm³/mol. The summed E-state index contributed by atoms with van der Waals surface area (Å²) in [6.07, 6.45) is 0. The first kappa shape index (κ1) is 18.9. The molecule has 0 aliphatic heterocycles. The fourth-order valence-electron chi connectivity index (χ4n) is 1.88. The molecule has 0 aromatic heterocycles. The monoisotopic (exact) mass is 382 g/mol. The number of nitrogens with one attached hydrogen (secondary N) is 1. The van der Waals surface area contributed by atoms with Gasteiger partial charge in [0.1, 0.15) is 6.61 Å². The number of nitrogens with two attached hydrogens (primary N) is 1. The Balaban J connectivity index is 2.01. The number of esters is 1. The molecule has 1 amide bonds. The van der Waals surface area contributed by atoms with Gasteiger partial charge < -0.3 is 10.5 Å². The molecule has 7 nitrogen and oxygen atoms in total. The van der Waals surface area contributed by atoms with Crippen molar-refractivity contribution in [3.8, 4) is 0 Å². The van der Waals surface area contributed by atoms with Crippen molar-refractivity contribution in [2.75, 3.05) is 6.54 Å². The summed E-state index contributed by atoms with van der Waals surface area (Å²) in [7, 11) is -3.88. The van der Waals surface area contributed by atoms with Gasteiger partial charge in [-0.15, -0.1) is 0 Å². The van der Waals surface area contributed by atoms with E-state index in [0.717, 1.165) is 5.56 Å².